The van der Waals surface area contributed by atoms with E-state index in [4.69, 9.17) is 10.5 Å². The van der Waals surface area contributed by atoms with E-state index in [1.54, 1.807) is 7.11 Å². The van der Waals surface area contributed by atoms with Crippen LogP contribution in [0, 0.1) is 11.3 Å². The Morgan fingerprint density at radius 3 is 2.68 bits per heavy atom. The quantitative estimate of drug-likeness (QED) is 0.643. The number of nitrogens with two attached hydrogens (primary N) is 1. The first-order valence-corrected chi connectivity index (χ1v) is 8.14. The zero-order chi connectivity index (χ0) is 16.0. The number of rotatable bonds is 5. The minimum atomic E-state index is 0.494. The number of nitrogens with one attached hydrogen (secondary N) is 1. The zero-order valence-electron chi connectivity index (χ0n) is 14.1. The Kier molecular flexibility index (Phi) is 5.83. The molecule has 1 aromatic carbocycles. The SMILES string of the molecule is COCc1ccccc1NC(N)=NCC1CCC(C)(C)CC1. The van der Waals surface area contributed by atoms with Gasteiger partial charge in [-0.25, -0.2) is 0 Å². The summed E-state index contributed by atoms with van der Waals surface area (Å²) in [6, 6.07) is 8.01. The molecular formula is C18H29N3O. The van der Waals surface area contributed by atoms with Crippen LogP contribution in [0.5, 0.6) is 0 Å². The highest BCUT2D eigenvalue weighted by atomic mass is 16.5. The minimum absolute atomic E-state index is 0.494. The number of guanidine groups is 1. The maximum absolute atomic E-state index is 6.04. The fraction of sp³-hybridized carbons (Fsp3) is 0.611. The van der Waals surface area contributed by atoms with Crippen LogP contribution in [0.15, 0.2) is 29.3 Å². The van der Waals surface area contributed by atoms with E-state index >= 15 is 0 Å². The number of methoxy groups -OCH3 is 1. The molecule has 0 bridgehead atoms. The first-order chi connectivity index (χ1) is 10.5. The fourth-order valence-electron chi connectivity index (χ4n) is 2.97. The summed E-state index contributed by atoms with van der Waals surface area (Å²) in [6.07, 6.45) is 5.09. The van der Waals surface area contributed by atoms with Gasteiger partial charge in [-0.2, -0.15) is 0 Å². The Balaban J connectivity index is 1.88. The van der Waals surface area contributed by atoms with Crippen LogP contribution in [0.1, 0.15) is 45.1 Å². The summed E-state index contributed by atoms with van der Waals surface area (Å²) in [7, 11) is 1.69. The summed E-state index contributed by atoms with van der Waals surface area (Å²) in [4.78, 5) is 4.53. The zero-order valence-corrected chi connectivity index (χ0v) is 14.1. The second-order valence-corrected chi connectivity index (χ2v) is 7.05. The van der Waals surface area contributed by atoms with Gasteiger partial charge in [0, 0.05) is 24.9 Å². The van der Waals surface area contributed by atoms with Crippen molar-refractivity contribution >= 4 is 11.6 Å². The van der Waals surface area contributed by atoms with Crippen LogP contribution in [0.4, 0.5) is 5.69 Å². The van der Waals surface area contributed by atoms with Crippen molar-refractivity contribution in [1.29, 1.82) is 0 Å². The van der Waals surface area contributed by atoms with Crippen LogP contribution in [0.2, 0.25) is 0 Å². The average Bonchev–Trinajstić information content (AvgIpc) is 2.48. The Hall–Kier alpha value is -1.55. The molecule has 22 heavy (non-hydrogen) atoms. The van der Waals surface area contributed by atoms with Gasteiger partial charge in [-0.15, -0.1) is 0 Å². The van der Waals surface area contributed by atoms with Gasteiger partial charge in [0.25, 0.3) is 0 Å². The van der Waals surface area contributed by atoms with Crippen molar-refractivity contribution in [3.8, 4) is 0 Å². The van der Waals surface area contributed by atoms with Gasteiger partial charge in [0.1, 0.15) is 0 Å². The minimum Gasteiger partial charge on any atom is -0.380 e. The second-order valence-electron chi connectivity index (χ2n) is 7.05. The van der Waals surface area contributed by atoms with E-state index in [1.807, 2.05) is 24.3 Å². The van der Waals surface area contributed by atoms with Gasteiger partial charge in [0.05, 0.1) is 6.61 Å². The summed E-state index contributed by atoms with van der Waals surface area (Å²) in [5.74, 6) is 1.16. The van der Waals surface area contributed by atoms with Crippen molar-refractivity contribution in [2.75, 3.05) is 19.0 Å². The molecule has 4 heteroatoms. The highest BCUT2D eigenvalue weighted by Crippen LogP contribution is 2.37. The summed E-state index contributed by atoms with van der Waals surface area (Å²) >= 11 is 0. The number of ether oxygens (including phenoxy) is 1. The predicted molar refractivity (Wildman–Crippen MR) is 93.0 cm³/mol. The lowest BCUT2D eigenvalue weighted by atomic mass is 9.73. The lowest BCUT2D eigenvalue weighted by Gasteiger charge is -2.33. The van der Waals surface area contributed by atoms with E-state index in [9.17, 15) is 0 Å². The van der Waals surface area contributed by atoms with Gasteiger partial charge in [-0.3, -0.25) is 4.99 Å². The third-order valence-electron chi connectivity index (χ3n) is 4.56. The standard InChI is InChI=1S/C18H29N3O/c1-18(2)10-8-14(9-11-18)12-20-17(19)21-16-7-5-4-6-15(16)13-22-3/h4-7,14H,8-13H2,1-3H3,(H3,19,20,21). The van der Waals surface area contributed by atoms with Crippen LogP contribution in [-0.4, -0.2) is 19.6 Å². The summed E-state index contributed by atoms with van der Waals surface area (Å²) < 4.78 is 5.20. The molecule has 2 rings (SSSR count). The molecule has 1 saturated carbocycles. The van der Waals surface area contributed by atoms with Gasteiger partial charge >= 0.3 is 0 Å². The molecule has 4 nitrogen and oxygen atoms in total. The summed E-state index contributed by atoms with van der Waals surface area (Å²) in [6.45, 7) is 6.10. The molecule has 0 saturated heterocycles. The highest BCUT2D eigenvalue weighted by Gasteiger charge is 2.26. The molecule has 0 spiro atoms. The molecule has 0 aromatic heterocycles. The summed E-state index contributed by atoms with van der Waals surface area (Å²) in [5, 5.41) is 3.20. The van der Waals surface area contributed by atoms with Crippen molar-refractivity contribution in [2.24, 2.45) is 22.1 Å². The van der Waals surface area contributed by atoms with E-state index in [0.29, 0.717) is 23.9 Å². The number of benzene rings is 1. The van der Waals surface area contributed by atoms with Crippen LogP contribution in [-0.2, 0) is 11.3 Å². The molecule has 0 radical (unpaired) electrons. The van der Waals surface area contributed by atoms with Gasteiger partial charge in [0.15, 0.2) is 5.96 Å². The van der Waals surface area contributed by atoms with E-state index in [0.717, 1.165) is 17.8 Å². The van der Waals surface area contributed by atoms with Crippen LogP contribution in [0.3, 0.4) is 0 Å². The molecule has 122 valence electrons. The average molecular weight is 303 g/mol. The van der Waals surface area contributed by atoms with Crippen molar-refractivity contribution in [1.82, 2.24) is 0 Å². The number of hydrogen-bond donors (Lipinski definition) is 2. The Morgan fingerprint density at radius 2 is 2.00 bits per heavy atom. The molecule has 1 aromatic rings. The smallest absolute Gasteiger partial charge is 0.193 e. The van der Waals surface area contributed by atoms with E-state index in [2.05, 4.69) is 24.2 Å². The van der Waals surface area contributed by atoms with Crippen molar-refractivity contribution in [2.45, 2.75) is 46.1 Å². The molecule has 1 aliphatic carbocycles. The molecule has 0 atom stereocenters. The number of para-hydroxylation sites is 1. The molecule has 1 fully saturated rings. The molecular weight excluding hydrogens is 274 g/mol. The Morgan fingerprint density at radius 1 is 1.32 bits per heavy atom. The van der Waals surface area contributed by atoms with E-state index < -0.39 is 0 Å². The van der Waals surface area contributed by atoms with Crippen molar-refractivity contribution < 1.29 is 4.74 Å². The first-order valence-electron chi connectivity index (χ1n) is 8.14. The topological polar surface area (TPSA) is 59.6 Å². The first kappa shape index (κ1) is 16.8. The van der Waals surface area contributed by atoms with E-state index in [1.165, 1.54) is 25.7 Å². The van der Waals surface area contributed by atoms with Crippen LogP contribution in [0.25, 0.3) is 0 Å². The number of nitrogens with zero attached hydrogens (tertiary/aromatic N) is 1. The predicted octanol–water partition coefficient (Wildman–Crippen LogP) is 3.78. The molecule has 0 amide bonds. The molecule has 1 aliphatic rings. The fourth-order valence-corrected chi connectivity index (χ4v) is 2.97. The molecule has 3 N–H and O–H groups in total. The molecule has 0 aliphatic heterocycles. The number of anilines is 1. The Bertz CT molecular complexity index is 501. The maximum atomic E-state index is 6.04. The lowest BCUT2D eigenvalue weighted by molar-refractivity contribution is 0.185. The number of hydrogen-bond acceptors (Lipinski definition) is 2. The van der Waals surface area contributed by atoms with Crippen LogP contribution >= 0.6 is 0 Å². The maximum Gasteiger partial charge on any atom is 0.193 e. The normalized spacial score (nSPS) is 19.1. The molecule has 0 unspecified atom stereocenters. The van der Waals surface area contributed by atoms with Gasteiger partial charge < -0.3 is 15.8 Å². The monoisotopic (exact) mass is 303 g/mol. The van der Waals surface area contributed by atoms with E-state index in [-0.39, 0.29) is 0 Å². The second kappa shape index (κ2) is 7.63. The van der Waals surface area contributed by atoms with Gasteiger partial charge in [0.2, 0.25) is 0 Å². The third kappa shape index (κ3) is 5.02. The lowest BCUT2D eigenvalue weighted by Crippen LogP contribution is -2.26. The van der Waals surface area contributed by atoms with Crippen molar-refractivity contribution in [3.05, 3.63) is 29.8 Å². The number of aliphatic imine (C=N–C) groups is 1. The highest BCUT2D eigenvalue weighted by molar-refractivity contribution is 5.92. The van der Waals surface area contributed by atoms with Crippen molar-refractivity contribution in [3.63, 3.8) is 0 Å². The van der Waals surface area contributed by atoms with Gasteiger partial charge in [-0.1, -0.05) is 32.0 Å². The largest absolute Gasteiger partial charge is 0.380 e. The third-order valence-corrected chi connectivity index (χ3v) is 4.56. The summed E-state index contributed by atoms with van der Waals surface area (Å²) in [5.41, 5.74) is 8.60. The van der Waals surface area contributed by atoms with Crippen LogP contribution < -0.4 is 11.1 Å². The Labute approximate surface area is 134 Å². The molecule has 0 heterocycles. The van der Waals surface area contributed by atoms with Gasteiger partial charge in [-0.05, 0) is 43.1 Å².